The number of hydrogen-bond acceptors (Lipinski definition) is 5. The number of aromatic nitrogens is 1. The quantitative estimate of drug-likeness (QED) is 0.648. The van der Waals surface area contributed by atoms with Crippen molar-refractivity contribution >= 4 is 17.2 Å². The molecular weight excluding hydrogens is 232 g/mol. The van der Waals surface area contributed by atoms with E-state index in [0.717, 1.165) is 11.3 Å². The van der Waals surface area contributed by atoms with E-state index in [0.29, 0.717) is 25.5 Å². The third-order valence-corrected chi connectivity index (χ3v) is 2.43. The van der Waals surface area contributed by atoms with Crippen molar-refractivity contribution in [1.29, 1.82) is 0 Å². The second-order valence-electron chi connectivity index (χ2n) is 3.00. The Morgan fingerprint density at radius 2 is 2.38 bits per heavy atom. The molecule has 0 aliphatic rings. The topological polar surface area (TPSA) is 80.4 Å². The fourth-order valence-corrected chi connectivity index (χ4v) is 1.53. The van der Waals surface area contributed by atoms with E-state index in [1.165, 1.54) is 0 Å². The highest BCUT2D eigenvalue weighted by Gasteiger charge is 2.02. The van der Waals surface area contributed by atoms with Gasteiger partial charge in [-0.1, -0.05) is 11.3 Å². The molecule has 0 spiro atoms. The second kappa shape index (κ2) is 7.15. The minimum Gasteiger partial charge on any atom is -0.382 e. The van der Waals surface area contributed by atoms with Gasteiger partial charge in [-0.2, -0.15) is 0 Å². The van der Waals surface area contributed by atoms with Crippen molar-refractivity contribution in [2.75, 3.05) is 26.9 Å². The SMILES string of the molecule is COCCOCC(=O)NCc1csc(=O)[nH]1. The van der Waals surface area contributed by atoms with Gasteiger partial charge in [0.2, 0.25) is 5.91 Å². The minimum absolute atomic E-state index is 0.00225. The Balaban J connectivity index is 2.13. The molecule has 0 atom stereocenters. The van der Waals surface area contributed by atoms with E-state index >= 15 is 0 Å². The van der Waals surface area contributed by atoms with E-state index in [-0.39, 0.29) is 17.4 Å². The normalized spacial score (nSPS) is 10.3. The molecule has 0 radical (unpaired) electrons. The molecule has 16 heavy (non-hydrogen) atoms. The van der Waals surface area contributed by atoms with Crippen LogP contribution in [0.1, 0.15) is 5.69 Å². The Labute approximate surface area is 96.6 Å². The first-order valence-corrected chi connectivity index (χ1v) is 5.60. The first kappa shape index (κ1) is 12.9. The average Bonchev–Trinajstić information content (AvgIpc) is 2.68. The van der Waals surface area contributed by atoms with Gasteiger partial charge in [-0.3, -0.25) is 9.59 Å². The average molecular weight is 246 g/mol. The Morgan fingerprint density at radius 3 is 3.00 bits per heavy atom. The highest BCUT2D eigenvalue weighted by Crippen LogP contribution is 1.94. The van der Waals surface area contributed by atoms with Crippen molar-refractivity contribution in [3.05, 3.63) is 20.7 Å². The predicted octanol–water partition coefficient (Wildman–Crippen LogP) is -0.284. The summed E-state index contributed by atoms with van der Waals surface area (Å²) < 4.78 is 9.78. The molecule has 1 heterocycles. The van der Waals surface area contributed by atoms with Crippen LogP contribution in [0.15, 0.2) is 10.2 Å². The van der Waals surface area contributed by atoms with E-state index in [4.69, 9.17) is 9.47 Å². The van der Waals surface area contributed by atoms with Crippen LogP contribution in [0.3, 0.4) is 0 Å². The lowest BCUT2D eigenvalue weighted by Gasteiger charge is -2.04. The van der Waals surface area contributed by atoms with Crippen LogP contribution in [0.2, 0.25) is 0 Å². The van der Waals surface area contributed by atoms with Gasteiger partial charge in [0.05, 0.1) is 19.8 Å². The van der Waals surface area contributed by atoms with Crippen molar-refractivity contribution in [2.45, 2.75) is 6.54 Å². The van der Waals surface area contributed by atoms with Gasteiger partial charge in [-0.05, 0) is 0 Å². The van der Waals surface area contributed by atoms with Gasteiger partial charge in [-0.15, -0.1) is 0 Å². The summed E-state index contributed by atoms with van der Waals surface area (Å²) >= 11 is 1.07. The molecule has 1 rings (SSSR count). The standard InChI is InChI=1S/C9H14N2O4S/c1-14-2-3-15-5-8(12)10-4-7-6-16-9(13)11-7/h6H,2-5H2,1H3,(H,10,12)(H,11,13). The maximum atomic E-state index is 11.2. The molecule has 0 saturated heterocycles. The Bertz CT molecular complexity index is 374. The molecule has 0 aliphatic heterocycles. The van der Waals surface area contributed by atoms with Gasteiger partial charge >= 0.3 is 4.87 Å². The lowest BCUT2D eigenvalue weighted by molar-refractivity contribution is -0.126. The Kier molecular flexibility index (Phi) is 5.76. The first-order chi connectivity index (χ1) is 7.72. The number of rotatable bonds is 7. The highest BCUT2D eigenvalue weighted by molar-refractivity contribution is 7.07. The van der Waals surface area contributed by atoms with Crippen LogP contribution in [0.25, 0.3) is 0 Å². The molecular formula is C9H14N2O4S. The van der Waals surface area contributed by atoms with Crippen LogP contribution >= 0.6 is 11.3 Å². The summed E-state index contributed by atoms with van der Waals surface area (Å²) in [5.41, 5.74) is 0.695. The van der Waals surface area contributed by atoms with Crippen LogP contribution in [-0.2, 0) is 20.8 Å². The number of ether oxygens (including phenoxy) is 2. The molecule has 2 N–H and O–H groups in total. The maximum absolute atomic E-state index is 11.2. The monoisotopic (exact) mass is 246 g/mol. The molecule has 0 saturated carbocycles. The van der Waals surface area contributed by atoms with Crippen LogP contribution in [-0.4, -0.2) is 37.8 Å². The number of carbonyl (C=O) groups is 1. The lowest BCUT2D eigenvalue weighted by Crippen LogP contribution is -2.28. The molecule has 0 bridgehead atoms. The summed E-state index contributed by atoms with van der Waals surface area (Å²) in [4.78, 5) is 24.5. The van der Waals surface area contributed by atoms with Gasteiger partial charge < -0.3 is 19.8 Å². The summed E-state index contributed by atoms with van der Waals surface area (Å²) in [6.45, 7) is 1.16. The summed E-state index contributed by atoms with van der Waals surface area (Å²) in [5.74, 6) is -0.219. The van der Waals surface area contributed by atoms with E-state index < -0.39 is 0 Å². The number of carbonyl (C=O) groups excluding carboxylic acids is 1. The molecule has 1 aromatic rings. The second-order valence-corrected chi connectivity index (χ2v) is 3.84. The van der Waals surface area contributed by atoms with Gasteiger partial charge in [0.25, 0.3) is 0 Å². The van der Waals surface area contributed by atoms with Crippen LogP contribution in [0, 0.1) is 0 Å². The summed E-state index contributed by atoms with van der Waals surface area (Å²) in [7, 11) is 1.57. The van der Waals surface area contributed by atoms with Gasteiger partial charge in [0, 0.05) is 18.2 Å². The van der Waals surface area contributed by atoms with Crippen molar-refractivity contribution < 1.29 is 14.3 Å². The van der Waals surface area contributed by atoms with Crippen LogP contribution in [0.5, 0.6) is 0 Å². The van der Waals surface area contributed by atoms with Crippen molar-refractivity contribution in [1.82, 2.24) is 10.3 Å². The first-order valence-electron chi connectivity index (χ1n) is 4.72. The number of nitrogens with one attached hydrogen (secondary N) is 2. The van der Waals surface area contributed by atoms with Gasteiger partial charge in [0.1, 0.15) is 6.61 Å². The Morgan fingerprint density at radius 1 is 1.56 bits per heavy atom. The van der Waals surface area contributed by atoms with Gasteiger partial charge in [0.15, 0.2) is 0 Å². The molecule has 1 amide bonds. The fourth-order valence-electron chi connectivity index (χ4n) is 0.952. The number of methoxy groups -OCH3 is 1. The zero-order valence-corrected chi connectivity index (χ0v) is 9.76. The summed E-state index contributed by atoms with van der Waals surface area (Å²) in [6.07, 6.45) is 0. The van der Waals surface area contributed by atoms with Gasteiger partial charge in [-0.25, -0.2) is 0 Å². The third kappa shape index (κ3) is 5.06. The van der Waals surface area contributed by atoms with E-state index in [2.05, 4.69) is 10.3 Å². The molecule has 0 unspecified atom stereocenters. The number of hydrogen-bond donors (Lipinski definition) is 2. The number of thiazole rings is 1. The smallest absolute Gasteiger partial charge is 0.304 e. The Hall–Kier alpha value is -1.18. The molecule has 0 aromatic carbocycles. The zero-order chi connectivity index (χ0) is 11.8. The van der Waals surface area contributed by atoms with Crippen molar-refractivity contribution in [3.63, 3.8) is 0 Å². The van der Waals surface area contributed by atoms with Crippen LogP contribution < -0.4 is 10.2 Å². The largest absolute Gasteiger partial charge is 0.382 e. The highest BCUT2D eigenvalue weighted by atomic mass is 32.1. The van der Waals surface area contributed by atoms with Crippen molar-refractivity contribution in [3.8, 4) is 0 Å². The third-order valence-electron chi connectivity index (χ3n) is 1.71. The molecule has 7 heteroatoms. The number of H-pyrrole nitrogens is 1. The minimum atomic E-state index is -0.219. The molecule has 6 nitrogen and oxygen atoms in total. The number of amides is 1. The molecule has 0 fully saturated rings. The zero-order valence-electron chi connectivity index (χ0n) is 8.95. The predicted molar refractivity (Wildman–Crippen MR) is 59.5 cm³/mol. The van der Waals surface area contributed by atoms with Crippen LogP contribution in [0.4, 0.5) is 0 Å². The number of aromatic amines is 1. The van der Waals surface area contributed by atoms with Crippen molar-refractivity contribution in [2.24, 2.45) is 0 Å². The summed E-state index contributed by atoms with van der Waals surface area (Å²) in [5, 5.41) is 4.30. The van der Waals surface area contributed by atoms with E-state index in [1.54, 1.807) is 12.5 Å². The summed E-state index contributed by atoms with van der Waals surface area (Å²) in [6, 6.07) is 0. The van der Waals surface area contributed by atoms with E-state index in [1.807, 2.05) is 0 Å². The molecule has 90 valence electrons. The molecule has 0 aliphatic carbocycles. The maximum Gasteiger partial charge on any atom is 0.304 e. The fraction of sp³-hybridized carbons (Fsp3) is 0.556. The van der Waals surface area contributed by atoms with E-state index in [9.17, 15) is 9.59 Å². The lowest BCUT2D eigenvalue weighted by atomic mass is 10.5. The molecule has 1 aromatic heterocycles.